The molecule has 1 aliphatic carbocycles. The largest absolute Gasteiger partial charge is 0.383 e. The molecular formula is C21H28N2. The Kier molecular flexibility index (Phi) is 4.18. The Morgan fingerprint density at radius 3 is 2.70 bits per heavy atom. The quantitative estimate of drug-likeness (QED) is 0.754. The van der Waals surface area contributed by atoms with Crippen molar-refractivity contribution in [2.75, 3.05) is 5.73 Å². The average molecular weight is 308 g/mol. The second-order valence-corrected chi connectivity index (χ2v) is 8.18. The number of nitrogen functional groups attached to an aromatic ring is 1. The highest BCUT2D eigenvalue weighted by molar-refractivity contribution is 5.91. The Labute approximate surface area is 139 Å². The van der Waals surface area contributed by atoms with Gasteiger partial charge in [0, 0.05) is 10.9 Å². The number of aryl methyl sites for hydroxylation is 1. The Morgan fingerprint density at radius 1 is 1.17 bits per heavy atom. The summed E-state index contributed by atoms with van der Waals surface area (Å²) in [5, 5.41) is 1.29. The highest BCUT2D eigenvalue weighted by atomic mass is 14.8. The summed E-state index contributed by atoms with van der Waals surface area (Å²) in [5.74, 6) is 0.669. The highest BCUT2D eigenvalue weighted by Gasteiger charge is 2.17. The maximum Gasteiger partial charge on any atom is 0.131 e. The molecule has 0 atom stereocenters. The first-order valence-electron chi connectivity index (χ1n) is 8.72. The second kappa shape index (κ2) is 5.99. The van der Waals surface area contributed by atoms with E-state index in [4.69, 9.17) is 5.73 Å². The Balaban J connectivity index is 1.80. The molecule has 23 heavy (non-hydrogen) atoms. The van der Waals surface area contributed by atoms with Crippen LogP contribution in [0.25, 0.3) is 17.0 Å². The molecule has 1 aromatic heterocycles. The summed E-state index contributed by atoms with van der Waals surface area (Å²) in [6, 6.07) is 6.69. The minimum absolute atomic E-state index is 0.439. The van der Waals surface area contributed by atoms with Crippen molar-refractivity contribution >= 4 is 22.8 Å². The molecule has 0 unspecified atom stereocenters. The number of pyridine rings is 1. The van der Waals surface area contributed by atoms with E-state index in [0.717, 1.165) is 23.9 Å². The fourth-order valence-corrected chi connectivity index (χ4v) is 3.48. The van der Waals surface area contributed by atoms with Crippen LogP contribution in [0.15, 0.2) is 23.8 Å². The smallest absolute Gasteiger partial charge is 0.131 e. The maximum absolute atomic E-state index is 6.12. The van der Waals surface area contributed by atoms with E-state index < -0.39 is 0 Å². The molecular weight excluding hydrogens is 280 g/mol. The molecule has 0 amide bonds. The normalized spacial score (nSPS) is 14.2. The van der Waals surface area contributed by atoms with E-state index in [2.05, 4.69) is 57.0 Å². The Bertz CT molecular complexity index is 763. The van der Waals surface area contributed by atoms with Gasteiger partial charge in [0.25, 0.3) is 0 Å². The molecule has 2 aromatic rings. The van der Waals surface area contributed by atoms with Crippen LogP contribution in [-0.4, -0.2) is 4.98 Å². The number of unbranched alkanes of at least 4 members (excludes halogenated alkanes) is 1. The van der Waals surface area contributed by atoms with Crippen molar-refractivity contribution in [1.29, 1.82) is 0 Å². The first kappa shape index (κ1) is 16.0. The summed E-state index contributed by atoms with van der Waals surface area (Å²) in [6.07, 6.45) is 8.18. The van der Waals surface area contributed by atoms with E-state index in [0.29, 0.717) is 11.2 Å². The van der Waals surface area contributed by atoms with Crippen molar-refractivity contribution < 1.29 is 0 Å². The summed E-state index contributed by atoms with van der Waals surface area (Å²) in [6.45, 7) is 9.12. The van der Waals surface area contributed by atoms with Gasteiger partial charge in [-0.05, 0) is 61.3 Å². The minimum atomic E-state index is 0.439. The van der Waals surface area contributed by atoms with E-state index in [1.165, 1.54) is 41.3 Å². The van der Waals surface area contributed by atoms with Gasteiger partial charge in [-0.2, -0.15) is 0 Å². The van der Waals surface area contributed by atoms with Gasteiger partial charge in [0.1, 0.15) is 5.82 Å². The van der Waals surface area contributed by atoms with Crippen LogP contribution in [0.5, 0.6) is 0 Å². The molecule has 3 rings (SSSR count). The topological polar surface area (TPSA) is 38.9 Å². The lowest BCUT2D eigenvalue weighted by atomic mass is 9.89. The third-order valence-electron chi connectivity index (χ3n) is 4.72. The van der Waals surface area contributed by atoms with Gasteiger partial charge in [-0.1, -0.05) is 44.9 Å². The van der Waals surface area contributed by atoms with E-state index in [1.54, 1.807) is 0 Å². The van der Waals surface area contributed by atoms with Gasteiger partial charge in [0.05, 0.1) is 5.52 Å². The summed E-state index contributed by atoms with van der Waals surface area (Å²) in [7, 11) is 0. The molecule has 0 saturated carbocycles. The molecule has 1 aliphatic rings. The number of hydrogen-bond donors (Lipinski definition) is 1. The number of allylic oxidation sites excluding steroid dienone is 1. The summed E-state index contributed by atoms with van der Waals surface area (Å²) in [4.78, 5) is 4.58. The predicted octanol–water partition coefficient (Wildman–Crippen LogP) is 5.54. The zero-order valence-corrected chi connectivity index (χ0v) is 14.9. The zero-order chi connectivity index (χ0) is 16.6. The van der Waals surface area contributed by atoms with Crippen molar-refractivity contribution in [2.45, 2.75) is 59.8 Å². The molecule has 122 valence electrons. The number of benzene rings is 1. The lowest BCUT2D eigenvalue weighted by Gasteiger charge is -2.17. The standard InChI is InChI=1S/C21H28N2/c1-14-11-16-17-13-15(7-5-6-10-21(2,3)4)8-9-19(17)23-20(22)18(16)12-14/h8-9,12-13H,5-7,10-11H2,1-4H3,(H2,22,23). The van der Waals surface area contributed by atoms with Crippen molar-refractivity contribution in [3.05, 3.63) is 40.5 Å². The fraction of sp³-hybridized carbons (Fsp3) is 0.476. The molecule has 2 nitrogen and oxygen atoms in total. The van der Waals surface area contributed by atoms with E-state index >= 15 is 0 Å². The third-order valence-corrected chi connectivity index (χ3v) is 4.72. The number of rotatable bonds is 4. The first-order valence-corrected chi connectivity index (χ1v) is 8.72. The number of anilines is 1. The number of fused-ring (bicyclic) bond motifs is 3. The lowest BCUT2D eigenvalue weighted by Crippen LogP contribution is -2.04. The van der Waals surface area contributed by atoms with Crippen LogP contribution in [-0.2, 0) is 12.8 Å². The number of aromatic nitrogens is 1. The summed E-state index contributed by atoms with van der Waals surface area (Å²) < 4.78 is 0. The number of nitrogens with zero attached hydrogens (tertiary/aromatic N) is 1. The minimum Gasteiger partial charge on any atom is -0.383 e. The molecule has 0 bridgehead atoms. The second-order valence-electron chi connectivity index (χ2n) is 8.18. The van der Waals surface area contributed by atoms with Crippen molar-refractivity contribution in [1.82, 2.24) is 4.98 Å². The SMILES string of the molecule is CC1=Cc2c(N)nc3ccc(CCCCC(C)(C)C)cc3c2C1. The van der Waals surface area contributed by atoms with Gasteiger partial charge in [0.15, 0.2) is 0 Å². The lowest BCUT2D eigenvalue weighted by molar-refractivity contribution is 0.360. The van der Waals surface area contributed by atoms with Crippen molar-refractivity contribution in [3.63, 3.8) is 0 Å². The van der Waals surface area contributed by atoms with Crippen LogP contribution in [0.1, 0.15) is 63.6 Å². The number of hydrogen-bond acceptors (Lipinski definition) is 2. The van der Waals surface area contributed by atoms with Gasteiger partial charge in [-0.3, -0.25) is 0 Å². The molecule has 0 saturated heterocycles. The monoisotopic (exact) mass is 308 g/mol. The first-order chi connectivity index (χ1) is 10.8. The van der Waals surface area contributed by atoms with Crippen LogP contribution < -0.4 is 5.73 Å². The van der Waals surface area contributed by atoms with Gasteiger partial charge < -0.3 is 5.73 Å². The summed E-state index contributed by atoms with van der Waals surface area (Å²) in [5.41, 5.74) is 12.9. The average Bonchev–Trinajstić information content (AvgIpc) is 2.86. The van der Waals surface area contributed by atoms with Gasteiger partial charge in [-0.15, -0.1) is 0 Å². The summed E-state index contributed by atoms with van der Waals surface area (Å²) >= 11 is 0. The van der Waals surface area contributed by atoms with Crippen molar-refractivity contribution in [3.8, 4) is 0 Å². The number of nitrogens with two attached hydrogens (primary N) is 1. The van der Waals surface area contributed by atoms with Crippen LogP contribution in [0.4, 0.5) is 5.82 Å². The molecule has 0 radical (unpaired) electrons. The van der Waals surface area contributed by atoms with E-state index in [-0.39, 0.29) is 0 Å². The maximum atomic E-state index is 6.12. The molecule has 2 heteroatoms. The molecule has 1 heterocycles. The van der Waals surface area contributed by atoms with Crippen LogP contribution in [0, 0.1) is 5.41 Å². The van der Waals surface area contributed by atoms with Gasteiger partial charge in [0.2, 0.25) is 0 Å². The van der Waals surface area contributed by atoms with E-state index in [1.807, 2.05) is 0 Å². The zero-order valence-electron chi connectivity index (χ0n) is 14.9. The predicted molar refractivity (Wildman–Crippen MR) is 101 cm³/mol. The van der Waals surface area contributed by atoms with Gasteiger partial charge >= 0.3 is 0 Å². The van der Waals surface area contributed by atoms with Crippen LogP contribution in [0.2, 0.25) is 0 Å². The third kappa shape index (κ3) is 3.57. The molecule has 2 N–H and O–H groups in total. The van der Waals surface area contributed by atoms with Crippen molar-refractivity contribution in [2.24, 2.45) is 5.41 Å². The molecule has 0 spiro atoms. The highest BCUT2D eigenvalue weighted by Crippen LogP contribution is 2.34. The molecule has 1 aromatic carbocycles. The van der Waals surface area contributed by atoms with Crippen LogP contribution >= 0.6 is 0 Å². The fourth-order valence-electron chi connectivity index (χ4n) is 3.48. The Hall–Kier alpha value is -1.83. The molecule has 0 aliphatic heterocycles. The Morgan fingerprint density at radius 2 is 1.96 bits per heavy atom. The van der Waals surface area contributed by atoms with E-state index in [9.17, 15) is 0 Å². The van der Waals surface area contributed by atoms with Gasteiger partial charge in [-0.25, -0.2) is 4.98 Å². The van der Waals surface area contributed by atoms with Crippen LogP contribution in [0.3, 0.4) is 0 Å². The molecule has 0 fully saturated rings.